The van der Waals surface area contributed by atoms with Crippen LogP contribution in [0.15, 0.2) is 48.8 Å². The summed E-state index contributed by atoms with van der Waals surface area (Å²) in [5.74, 6) is -0.665. The van der Waals surface area contributed by atoms with Crippen molar-refractivity contribution in [1.29, 1.82) is 0 Å². The lowest BCUT2D eigenvalue weighted by Gasteiger charge is -2.09. The molecule has 0 atom stereocenters. The number of aromatic nitrogens is 4. The van der Waals surface area contributed by atoms with Crippen LogP contribution in [-0.4, -0.2) is 39.1 Å². The van der Waals surface area contributed by atoms with Gasteiger partial charge in [-0.2, -0.15) is 0 Å². The second-order valence-electron chi connectivity index (χ2n) is 5.03. The lowest BCUT2D eigenvalue weighted by molar-refractivity contribution is 0.0961. The van der Waals surface area contributed by atoms with Gasteiger partial charge in [-0.3, -0.25) is 9.59 Å². The van der Waals surface area contributed by atoms with Crippen LogP contribution in [0.1, 0.15) is 20.7 Å². The monoisotopic (exact) mass is 356 g/mol. The molecule has 3 rings (SSSR count). The van der Waals surface area contributed by atoms with E-state index in [9.17, 15) is 9.59 Å². The molecule has 1 aromatic heterocycles. The highest BCUT2D eigenvalue weighted by atomic mass is 35.5. The van der Waals surface area contributed by atoms with E-state index in [0.29, 0.717) is 22.0 Å². The van der Waals surface area contributed by atoms with E-state index in [1.54, 1.807) is 36.4 Å². The SMILES string of the molecule is CNC(=O)c1cc(NC(=O)c2cccc(-n3cnnn3)c2)ccc1Cl. The van der Waals surface area contributed by atoms with Crippen LogP contribution < -0.4 is 10.6 Å². The van der Waals surface area contributed by atoms with Crippen molar-refractivity contribution in [3.8, 4) is 5.69 Å². The first-order chi connectivity index (χ1) is 12.1. The van der Waals surface area contributed by atoms with Crippen LogP contribution in [-0.2, 0) is 0 Å². The lowest BCUT2D eigenvalue weighted by atomic mass is 10.1. The minimum atomic E-state index is -0.333. The molecule has 2 amide bonds. The highest BCUT2D eigenvalue weighted by molar-refractivity contribution is 6.34. The maximum Gasteiger partial charge on any atom is 0.255 e. The van der Waals surface area contributed by atoms with Gasteiger partial charge in [0.2, 0.25) is 0 Å². The third kappa shape index (κ3) is 3.64. The van der Waals surface area contributed by atoms with E-state index >= 15 is 0 Å². The van der Waals surface area contributed by atoms with Gasteiger partial charge in [-0.15, -0.1) is 5.10 Å². The number of amides is 2. The van der Waals surface area contributed by atoms with E-state index < -0.39 is 0 Å². The number of rotatable bonds is 4. The van der Waals surface area contributed by atoms with Crippen LogP contribution in [0.3, 0.4) is 0 Å². The molecule has 0 saturated carbocycles. The highest BCUT2D eigenvalue weighted by Crippen LogP contribution is 2.21. The third-order valence-electron chi connectivity index (χ3n) is 3.42. The van der Waals surface area contributed by atoms with Crippen molar-refractivity contribution < 1.29 is 9.59 Å². The molecule has 0 radical (unpaired) electrons. The Labute approximate surface area is 147 Å². The Morgan fingerprint density at radius 1 is 1.12 bits per heavy atom. The molecular formula is C16H13ClN6O2. The van der Waals surface area contributed by atoms with Gasteiger partial charge in [-0.1, -0.05) is 17.7 Å². The van der Waals surface area contributed by atoms with Gasteiger partial charge in [0.1, 0.15) is 6.33 Å². The summed E-state index contributed by atoms with van der Waals surface area (Å²) in [6, 6.07) is 11.5. The minimum absolute atomic E-state index is 0.282. The maximum atomic E-state index is 12.5. The Hall–Kier alpha value is -3.26. The molecule has 0 saturated heterocycles. The van der Waals surface area contributed by atoms with E-state index in [1.165, 1.54) is 24.1 Å². The summed E-state index contributed by atoms with van der Waals surface area (Å²) in [5.41, 5.74) is 1.81. The highest BCUT2D eigenvalue weighted by Gasteiger charge is 2.12. The van der Waals surface area contributed by atoms with E-state index in [0.717, 1.165) is 0 Å². The van der Waals surface area contributed by atoms with Crippen LogP contribution in [0.2, 0.25) is 5.02 Å². The zero-order valence-corrected chi connectivity index (χ0v) is 13.9. The molecule has 25 heavy (non-hydrogen) atoms. The van der Waals surface area contributed by atoms with Gasteiger partial charge in [0.15, 0.2) is 0 Å². The van der Waals surface area contributed by atoms with E-state index in [4.69, 9.17) is 11.6 Å². The molecule has 0 aliphatic rings. The normalized spacial score (nSPS) is 10.3. The molecule has 2 aromatic carbocycles. The van der Waals surface area contributed by atoms with Crippen molar-refractivity contribution in [2.45, 2.75) is 0 Å². The zero-order chi connectivity index (χ0) is 17.8. The molecule has 0 fully saturated rings. The molecule has 0 unspecified atom stereocenters. The molecule has 0 bridgehead atoms. The van der Waals surface area contributed by atoms with Crippen molar-refractivity contribution in [2.24, 2.45) is 0 Å². The molecular weight excluding hydrogens is 344 g/mol. The number of benzene rings is 2. The van der Waals surface area contributed by atoms with Gasteiger partial charge in [-0.25, -0.2) is 4.68 Å². The average Bonchev–Trinajstić information content (AvgIpc) is 3.17. The van der Waals surface area contributed by atoms with E-state index in [2.05, 4.69) is 26.2 Å². The van der Waals surface area contributed by atoms with Gasteiger partial charge >= 0.3 is 0 Å². The summed E-state index contributed by atoms with van der Waals surface area (Å²) in [6.45, 7) is 0. The van der Waals surface area contributed by atoms with Crippen molar-refractivity contribution in [3.63, 3.8) is 0 Å². The standard InChI is InChI=1S/C16H13ClN6O2/c1-18-16(25)13-8-11(5-6-14(13)17)20-15(24)10-3-2-4-12(7-10)23-9-19-21-22-23/h2-9H,1H3,(H,18,25)(H,20,24). The number of halogens is 1. The Morgan fingerprint density at radius 2 is 1.96 bits per heavy atom. The van der Waals surface area contributed by atoms with Crippen molar-refractivity contribution in [2.75, 3.05) is 12.4 Å². The van der Waals surface area contributed by atoms with Crippen LogP contribution >= 0.6 is 11.6 Å². The second kappa shape index (κ2) is 7.10. The number of anilines is 1. The van der Waals surface area contributed by atoms with Crippen LogP contribution in [0.5, 0.6) is 0 Å². The molecule has 0 spiro atoms. The van der Waals surface area contributed by atoms with Crippen LogP contribution in [0.25, 0.3) is 5.69 Å². The van der Waals surface area contributed by atoms with Crippen LogP contribution in [0.4, 0.5) is 5.69 Å². The largest absolute Gasteiger partial charge is 0.355 e. The summed E-state index contributed by atoms with van der Waals surface area (Å²) >= 11 is 6.01. The lowest BCUT2D eigenvalue weighted by Crippen LogP contribution is -2.19. The third-order valence-corrected chi connectivity index (χ3v) is 3.75. The fraction of sp³-hybridized carbons (Fsp3) is 0.0625. The number of carbonyl (C=O) groups excluding carboxylic acids is 2. The molecule has 126 valence electrons. The fourth-order valence-corrected chi connectivity index (χ4v) is 2.39. The predicted molar refractivity (Wildman–Crippen MR) is 91.9 cm³/mol. The first kappa shape index (κ1) is 16.6. The maximum absolute atomic E-state index is 12.5. The van der Waals surface area contributed by atoms with Gasteiger partial charge in [0, 0.05) is 18.3 Å². The number of hydrogen-bond acceptors (Lipinski definition) is 5. The Kier molecular flexibility index (Phi) is 4.71. The smallest absolute Gasteiger partial charge is 0.255 e. The molecule has 0 aliphatic heterocycles. The van der Waals surface area contributed by atoms with E-state index in [1.807, 2.05) is 0 Å². The number of tetrazole rings is 1. The van der Waals surface area contributed by atoms with Crippen molar-refractivity contribution in [3.05, 3.63) is 64.9 Å². The molecule has 8 nitrogen and oxygen atoms in total. The number of nitrogens with zero attached hydrogens (tertiary/aromatic N) is 4. The number of hydrogen-bond donors (Lipinski definition) is 2. The van der Waals surface area contributed by atoms with Crippen molar-refractivity contribution >= 4 is 29.1 Å². The number of carbonyl (C=O) groups is 2. The second-order valence-corrected chi connectivity index (χ2v) is 5.44. The van der Waals surface area contributed by atoms with E-state index in [-0.39, 0.29) is 17.4 Å². The first-order valence-electron chi connectivity index (χ1n) is 7.25. The fourth-order valence-electron chi connectivity index (χ4n) is 2.18. The predicted octanol–water partition coefficient (Wildman–Crippen LogP) is 1.93. The summed E-state index contributed by atoms with van der Waals surface area (Å²) in [5, 5.41) is 16.5. The summed E-state index contributed by atoms with van der Waals surface area (Å²) in [4.78, 5) is 24.3. The molecule has 2 N–H and O–H groups in total. The van der Waals surface area contributed by atoms with Gasteiger partial charge in [0.05, 0.1) is 16.3 Å². The molecule has 1 heterocycles. The van der Waals surface area contributed by atoms with Crippen LogP contribution in [0, 0.1) is 0 Å². The Morgan fingerprint density at radius 3 is 2.68 bits per heavy atom. The van der Waals surface area contributed by atoms with Gasteiger partial charge < -0.3 is 10.6 Å². The first-order valence-corrected chi connectivity index (χ1v) is 7.62. The molecule has 0 aliphatic carbocycles. The Balaban J connectivity index is 1.83. The summed E-state index contributed by atoms with van der Waals surface area (Å²) in [7, 11) is 1.51. The quantitative estimate of drug-likeness (QED) is 0.743. The van der Waals surface area contributed by atoms with Crippen molar-refractivity contribution in [1.82, 2.24) is 25.5 Å². The number of nitrogens with one attached hydrogen (secondary N) is 2. The molecule has 3 aromatic rings. The summed E-state index contributed by atoms with van der Waals surface area (Å²) in [6.07, 6.45) is 1.44. The Bertz CT molecular complexity index is 926. The molecule has 9 heteroatoms. The minimum Gasteiger partial charge on any atom is -0.355 e. The van der Waals surface area contributed by atoms with Gasteiger partial charge in [0.25, 0.3) is 11.8 Å². The van der Waals surface area contributed by atoms with Gasteiger partial charge in [-0.05, 0) is 46.8 Å². The topological polar surface area (TPSA) is 102 Å². The summed E-state index contributed by atoms with van der Waals surface area (Å²) < 4.78 is 1.45. The zero-order valence-electron chi connectivity index (χ0n) is 13.1. The average molecular weight is 357 g/mol.